The Kier molecular flexibility index (Phi) is 5.12. The van der Waals surface area contributed by atoms with Crippen LogP contribution in [0.15, 0.2) is 30.3 Å². The quantitative estimate of drug-likeness (QED) is 0.749. The first-order valence-electron chi connectivity index (χ1n) is 5.53. The van der Waals surface area contributed by atoms with E-state index in [1.165, 1.54) is 7.11 Å². The number of benzene rings is 1. The monoisotopic (exact) mass is 238 g/mol. The predicted octanol–water partition coefficient (Wildman–Crippen LogP) is 0.932. The third kappa shape index (κ3) is 3.28. The zero-order valence-corrected chi connectivity index (χ0v) is 10.0. The number of rotatable bonds is 5. The smallest absolute Gasteiger partial charge is 0.312 e. The maximum atomic E-state index is 11.6. The van der Waals surface area contributed by atoms with Crippen LogP contribution in [0.5, 0.6) is 0 Å². The fourth-order valence-corrected chi connectivity index (χ4v) is 1.91. The van der Waals surface area contributed by atoms with Crippen LogP contribution >= 0.6 is 0 Å². The van der Waals surface area contributed by atoms with Gasteiger partial charge in [-0.05, 0) is 11.5 Å². The standard InChI is InChI=1S/C13H18O4/c1-9(10-6-4-3-5-7-10)12(11(15)8-14)13(16)17-2/h3-7,9,11-12,14-15H,8H2,1-2H3/t9-,11+,12-/m1/s1. The van der Waals surface area contributed by atoms with Gasteiger partial charge in [0.2, 0.25) is 0 Å². The molecule has 2 N–H and O–H groups in total. The lowest BCUT2D eigenvalue weighted by Gasteiger charge is -2.25. The van der Waals surface area contributed by atoms with Gasteiger partial charge in [0.05, 0.1) is 25.7 Å². The second-order valence-corrected chi connectivity index (χ2v) is 4.00. The molecular weight excluding hydrogens is 220 g/mol. The Hall–Kier alpha value is -1.39. The maximum absolute atomic E-state index is 11.6. The molecule has 0 aromatic heterocycles. The summed E-state index contributed by atoms with van der Waals surface area (Å²) in [6.45, 7) is 1.37. The lowest BCUT2D eigenvalue weighted by molar-refractivity contribution is -0.151. The average molecular weight is 238 g/mol. The highest BCUT2D eigenvalue weighted by molar-refractivity contribution is 5.74. The van der Waals surface area contributed by atoms with E-state index < -0.39 is 24.6 Å². The first-order valence-corrected chi connectivity index (χ1v) is 5.53. The Balaban J connectivity index is 2.94. The molecule has 3 atom stereocenters. The van der Waals surface area contributed by atoms with E-state index in [9.17, 15) is 9.90 Å². The number of carbonyl (C=O) groups is 1. The molecule has 0 saturated heterocycles. The normalized spacial score (nSPS) is 16.0. The van der Waals surface area contributed by atoms with Gasteiger partial charge in [0.1, 0.15) is 0 Å². The maximum Gasteiger partial charge on any atom is 0.312 e. The molecule has 0 aliphatic heterocycles. The van der Waals surface area contributed by atoms with E-state index >= 15 is 0 Å². The van der Waals surface area contributed by atoms with Crippen LogP contribution in [0.1, 0.15) is 18.4 Å². The molecule has 94 valence electrons. The van der Waals surface area contributed by atoms with Crippen LogP contribution in [-0.2, 0) is 9.53 Å². The van der Waals surface area contributed by atoms with Crippen LogP contribution in [0.4, 0.5) is 0 Å². The van der Waals surface area contributed by atoms with E-state index in [-0.39, 0.29) is 5.92 Å². The number of aliphatic hydroxyl groups is 2. The van der Waals surface area contributed by atoms with Crippen LogP contribution in [0, 0.1) is 5.92 Å². The average Bonchev–Trinajstić information content (AvgIpc) is 2.39. The summed E-state index contributed by atoms with van der Waals surface area (Å²) in [4.78, 5) is 11.6. The van der Waals surface area contributed by atoms with Gasteiger partial charge in [0.25, 0.3) is 0 Å². The van der Waals surface area contributed by atoms with Crippen molar-refractivity contribution in [2.75, 3.05) is 13.7 Å². The van der Waals surface area contributed by atoms with Gasteiger partial charge in [-0.1, -0.05) is 37.3 Å². The molecule has 4 nitrogen and oxygen atoms in total. The van der Waals surface area contributed by atoms with E-state index in [0.29, 0.717) is 0 Å². The Morgan fingerprint density at radius 3 is 2.41 bits per heavy atom. The summed E-state index contributed by atoms with van der Waals surface area (Å²) in [5.74, 6) is -1.49. The summed E-state index contributed by atoms with van der Waals surface area (Å²) in [6.07, 6.45) is -1.11. The van der Waals surface area contributed by atoms with Crippen molar-refractivity contribution in [3.8, 4) is 0 Å². The van der Waals surface area contributed by atoms with Gasteiger partial charge in [-0.3, -0.25) is 4.79 Å². The van der Waals surface area contributed by atoms with Crippen molar-refractivity contribution in [3.63, 3.8) is 0 Å². The van der Waals surface area contributed by atoms with Crippen molar-refractivity contribution in [1.29, 1.82) is 0 Å². The van der Waals surface area contributed by atoms with E-state index in [0.717, 1.165) is 5.56 Å². The number of hydrogen-bond donors (Lipinski definition) is 2. The molecule has 0 radical (unpaired) electrons. The lowest BCUT2D eigenvalue weighted by atomic mass is 9.84. The SMILES string of the molecule is COC(=O)[C@H]([C@H](C)c1ccccc1)[C@@H](O)CO. The molecule has 0 heterocycles. The third-order valence-electron chi connectivity index (χ3n) is 2.94. The minimum absolute atomic E-state index is 0.217. The molecule has 0 spiro atoms. The topological polar surface area (TPSA) is 66.8 Å². The Bertz CT molecular complexity index is 350. The van der Waals surface area contributed by atoms with Crippen molar-refractivity contribution >= 4 is 5.97 Å². The number of esters is 1. The zero-order chi connectivity index (χ0) is 12.8. The van der Waals surface area contributed by atoms with Crippen LogP contribution in [0.2, 0.25) is 0 Å². The number of aliphatic hydroxyl groups excluding tert-OH is 2. The first-order chi connectivity index (χ1) is 8.11. The van der Waals surface area contributed by atoms with Gasteiger partial charge in [-0.15, -0.1) is 0 Å². The van der Waals surface area contributed by atoms with E-state index in [1.54, 1.807) is 0 Å². The molecule has 0 unspecified atom stereocenters. The largest absolute Gasteiger partial charge is 0.469 e. The molecule has 0 fully saturated rings. The highest BCUT2D eigenvalue weighted by Crippen LogP contribution is 2.27. The molecule has 1 rings (SSSR count). The molecule has 0 amide bonds. The van der Waals surface area contributed by atoms with E-state index in [1.807, 2.05) is 37.3 Å². The highest BCUT2D eigenvalue weighted by Gasteiger charge is 2.33. The van der Waals surface area contributed by atoms with Crippen molar-refractivity contribution in [2.45, 2.75) is 18.9 Å². The van der Waals surface area contributed by atoms with Crippen molar-refractivity contribution in [2.24, 2.45) is 5.92 Å². The molecule has 17 heavy (non-hydrogen) atoms. The summed E-state index contributed by atoms with van der Waals surface area (Å²) >= 11 is 0. The summed E-state index contributed by atoms with van der Waals surface area (Å²) in [5.41, 5.74) is 0.926. The Morgan fingerprint density at radius 1 is 1.35 bits per heavy atom. The number of methoxy groups -OCH3 is 1. The van der Waals surface area contributed by atoms with Crippen LogP contribution in [-0.4, -0.2) is 36.0 Å². The number of ether oxygens (including phenoxy) is 1. The molecule has 0 aliphatic carbocycles. The van der Waals surface area contributed by atoms with Gasteiger partial charge < -0.3 is 14.9 Å². The first kappa shape index (κ1) is 13.7. The van der Waals surface area contributed by atoms with Crippen LogP contribution < -0.4 is 0 Å². The third-order valence-corrected chi connectivity index (χ3v) is 2.94. The molecule has 0 saturated carbocycles. The van der Waals surface area contributed by atoms with Crippen molar-refractivity contribution < 1.29 is 19.7 Å². The van der Waals surface area contributed by atoms with Gasteiger partial charge in [-0.2, -0.15) is 0 Å². The molecular formula is C13H18O4. The second-order valence-electron chi connectivity index (χ2n) is 4.00. The summed E-state index contributed by atoms with van der Waals surface area (Å²) < 4.78 is 4.67. The van der Waals surface area contributed by atoms with E-state index in [4.69, 9.17) is 5.11 Å². The highest BCUT2D eigenvalue weighted by atomic mass is 16.5. The molecule has 0 aliphatic rings. The van der Waals surface area contributed by atoms with E-state index in [2.05, 4.69) is 4.74 Å². The predicted molar refractivity (Wildman–Crippen MR) is 63.5 cm³/mol. The molecule has 1 aromatic carbocycles. The van der Waals surface area contributed by atoms with Gasteiger partial charge in [0.15, 0.2) is 0 Å². The Labute approximate surface area is 101 Å². The van der Waals surface area contributed by atoms with Crippen molar-refractivity contribution in [1.82, 2.24) is 0 Å². The molecule has 0 bridgehead atoms. The van der Waals surface area contributed by atoms with Gasteiger partial charge in [0, 0.05) is 0 Å². The van der Waals surface area contributed by atoms with Gasteiger partial charge >= 0.3 is 5.97 Å². The van der Waals surface area contributed by atoms with Crippen LogP contribution in [0.25, 0.3) is 0 Å². The second kappa shape index (κ2) is 6.37. The Morgan fingerprint density at radius 2 is 1.94 bits per heavy atom. The van der Waals surface area contributed by atoms with Crippen LogP contribution in [0.3, 0.4) is 0 Å². The minimum Gasteiger partial charge on any atom is -0.469 e. The summed E-state index contributed by atoms with van der Waals surface area (Å²) in [5, 5.41) is 18.7. The molecule has 1 aromatic rings. The lowest BCUT2D eigenvalue weighted by Crippen LogP contribution is -2.35. The summed E-state index contributed by atoms with van der Waals surface area (Å²) in [6, 6.07) is 9.37. The minimum atomic E-state index is -1.11. The fourth-order valence-electron chi connectivity index (χ4n) is 1.91. The van der Waals surface area contributed by atoms with Crippen molar-refractivity contribution in [3.05, 3.63) is 35.9 Å². The number of carbonyl (C=O) groups excluding carboxylic acids is 1. The summed E-state index contributed by atoms with van der Waals surface area (Å²) in [7, 11) is 1.27. The molecule has 4 heteroatoms. The van der Waals surface area contributed by atoms with Gasteiger partial charge in [-0.25, -0.2) is 0 Å². The zero-order valence-electron chi connectivity index (χ0n) is 10.0. The fraction of sp³-hybridized carbons (Fsp3) is 0.462. The number of hydrogen-bond acceptors (Lipinski definition) is 4.